The molecule has 1 aliphatic heterocycles. The fraction of sp³-hybridized carbons (Fsp3) is 0.583. The minimum Gasteiger partial charge on any atom is -0.473 e. The molecule has 1 N–H and O–H groups in total. The van der Waals surface area contributed by atoms with Gasteiger partial charge in [0.05, 0.1) is 0 Å². The van der Waals surface area contributed by atoms with Crippen molar-refractivity contribution in [3.8, 4) is 5.88 Å². The summed E-state index contributed by atoms with van der Waals surface area (Å²) in [6.45, 7) is 5.19. The molecule has 0 bridgehead atoms. The predicted octanol–water partition coefficient (Wildman–Crippen LogP) is 2.33. The van der Waals surface area contributed by atoms with Gasteiger partial charge >= 0.3 is 0 Å². The summed E-state index contributed by atoms with van der Waals surface area (Å²) in [6.07, 6.45) is 4.36. The van der Waals surface area contributed by atoms with Gasteiger partial charge in [0, 0.05) is 24.8 Å². The van der Waals surface area contributed by atoms with Crippen LogP contribution in [0.5, 0.6) is 5.88 Å². The second-order valence-electron chi connectivity index (χ2n) is 4.30. The quantitative estimate of drug-likeness (QED) is 0.865. The van der Waals surface area contributed by atoms with Crippen LogP contribution in [0.15, 0.2) is 18.3 Å². The third-order valence-electron chi connectivity index (χ3n) is 2.79. The molecule has 1 aliphatic rings. The molecule has 2 heterocycles. The van der Waals surface area contributed by atoms with Crippen LogP contribution in [0.1, 0.15) is 25.3 Å². The van der Waals surface area contributed by atoms with Gasteiger partial charge in [-0.2, -0.15) is 0 Å². The van der Waals surface area contributed by atoms with Crippen molar-refractivity contribution >= 4 is 12.4 Å². The van der Waals surface area contributed by atoms with Crippen LogP contribution >= 0.6 is 12.4 Å². The predicted molar refractivity (Wildman–Crippen MR) is 67.3 cm³/mol. The van der Waals surface area contributed by atoms with Gasteiger partial charge in [-0.1, -0.05) is 0 Å². The number of hydrogen-bond acceptors (Lipinski definition) is 3. The molecule has 0 aromatic carbocycles. The molecular formula is C12H19ClN2O. The number of piperidine rings is 1. The molecule has 0 aliphatic carbocycles. The molecule has 1 fully saturated rings. The number of aryl methyl sites for hydroxylation is 1. The highest BCUT2D eigenvalue weighted by Gasteiger charge is 2.18. The van der Waals surface area contributed by atoms with E-state index >= 15 is 0 Å². The zero-order valence-corrected chi connectivity index (χ0v) is 10.6. The van der Waals surface area contributed by atoms with E-state index in [-0.39, 0.29) is 18.5 Å². The molecule has 4 heteroatoms. The van der Waals surface area contributed by atoms with Crippen LogP contribution in [0, 0.1) is 6.92 Å². The SMILES string of the molecule is Cc1ccnc(O[C@@H]2CC[C@@H](C)NC2)c1.Cl. The number of halogens is 1. The molecule has 0 radical (unpaired) electrons. The van der Waals surface area contributed by atoms with Crippen molar-refractivity contribution in [1.82, 2.24) is 10.3 Å². The first kappa shape index (κ1) is 13.3. The maximum Gasteiger partial charge on any atom is 0.213 e. The fourth-order valence-electron chi connectivity index (χ4n) is 1.82. The molecule has 90 valence electrons. The van der Waals surface area contributed by atoms with E-state index in [0.29, 0.717) is 6.04 Å². The van der Waals surface area contributed by atoms with Crippen molar-refractivity contribution in [3.63, 3.8) is 0 Å². The Hall–Kier alpha value is -0.800. The number of nitrogens with one attached hydrogen (secondary N) is 1. The summed E-state index contributed by atoms with van der Waals surface area (Å²) in [5.41, 5.74) is 1.19. The van der Waals surface area contributed by atoms with Gasteiger partial charge in [0.25, 0.3) is 0 Å². The van der Waals surface area contributed by atoms with Gasteiger partial charge in [-0.25, -0.2) is 4.98 Å². The Bertz CT molecular complexity index is 325. The third-order valence-corrected chi connectivity index (χ3v) is 2.79. The Morgan fingerprint density at radius 3 is 2.88 bits per heavy atom. The standard InChI is InChI=1S/C12H18N2O.ClH/c1-9-5-6-13-12(7-9)15-11-4-3-10(2)14-8-11;/h5-7,10-11,14H,3-4,8H2,1-2H3;1H/t10-,11-;/m1./s1. The summed E-state index contributed by atoms with van der Waals surface area (Å²) in [5.74, 6) is 0.747. The minimum absolute atomic E-state index is 0. The summed E-state index contributed by atoms with van der Waals surface area (Å²) in [6, 6.07) is 4.59. The smallest absolute Gasteiger partial charge is 0.213 e. The van der Waals surface area contributed by atoms with Crippen LogP contribution in [0.25, 0.3) is 0 Å². The fourth-order valence-corrected chi connectivity index (χ4v) is 1.82. The van der Waals surface area contributed by atoms with E-state index in [1.54, 1.807) is 6.20 Å². The molecule has 16 heavy (non-hydrogen) atoms. The second kappa shape index (κ2) is 6.06. The molecule has 0 unspecified atom stereocenters. The van der Waals surface area contributed by atoms with E-state index in [9.17, 15) is 0 Å². The first-order valence-corrected chi connectivity index (χ1v) is 5.57. The molecule has 1 aromatic rings. The van der Waals surface area contributed by atoms with Crippen molar-refractivity contribution in [2.75, 3.05) is 6.54 Å². The zero-order valence-electron chi connectivity index (χ0n) is 9.77. The summed E-state index contributed by atoms with van der Waals surface area (Å²) in [5, 5.41) is 3.41. The maximum absolute atomic E-state index is 5.81. The third kappa shape index (κ3) is 3.65. The van der Waals surface area contributed by atoms with Crippen LogP contribution in [-0.2, 0) is 0 Å². The number of rotatable bonds is 2. The molecular weight excluding hydrogens is 224 g/mol. The average molecular weight is 243 g/mol. The van der Waals surface area contributed by atoms with E-state index in [1.807, 2.05) is 12.1 Å². The normalized spacial score (nSPS) is 24.6. The Morgan fingerprint density at radius 2 is 2.25 bits per heavy atom. The first-order chi connectivity index (χ1) is 7.24. The Morgan fingerprint density at radius 1 is 1.44 bits per heavy atom. The monoisotopic (exact) mass is 242 g/mol. The lowest BCUT2D eigenvalue weighted by atomic mass is 10.0. The van der Waals surface area contributed by atoms with Gasteiger partial charge in [0.2, 0.25) is 5.88 Å². The molecule has 0 saturated carbocycles. The van der Waals surface area contributed by atoms with E-state index < -0.39 is 0 Å². The van der Waals surface area contributed by atoms with Crippen LogP contribution in [0.2, 0.25) is 0 Å². The van der Waals surface area contributed by atoms with E-state index in [2.05, 4.69) is 24.1 Å². The molecule has 1 aromatic heterocycles. The topological polar surface area (TPSA) is 34.1 Å². The number of nitrogens with zero attached hydrogens (tertiary/aromatic N) is 1. The van der Waals surface area contributed by atoms with E-state index in [0.717, 1.165) is 18.8 Å². The largest absolute Gasteiger partial charge is 0.473 e. The number of pyridine rings is 1. The molecule has 3 nitrogen and oxygen atoms in total. The highest BCUT2D eigenvalue weighted by atomic mass is 35.5. The summed E-state index contributed by atoms with van der Waals surface area (Å²) < 4.78 is 5.81. The molecule has 2 atom stereocenters. The maximum atomic E-state index is 5.81. The lowest BCUT2D eigenvalue weighted by molar-refractivity contribution is 0.146. The van der Waals surface area contributed by atoms with Crippen molar-refractivity contribution in [2.45, 2.75) is 38.8 Å². The van der Waals surface area contributed by atoms with Gasteiger partial charge in [-0.3, -0.25) is 0 Å². The highest BCUT2D eigenvalue weighted by molar-refractivity contribution is 5.85. The van der Waals surface area contributed by atoms with Crippen LogP contribution < -0.4 is 10.1 Å². The lowest BCUT2D eigenvalue weighted by Gasteiger charge is -2.27. The number of aromatic nitrogens is 1. The number of ether oxygens (including phenoxy) is 1. The lowest BCUT2D eigenvalue weighted by Crippen LogP contribution is -2.42. The van der Waals surface area contributed by atoms with Crippen LogP contribution in [0.4, 0.5) is 0 Å². The van der Waals surface area contributed by atoms with Gasteiger partial charge in [0.1, 0.15) is 6.10 Å². The molecule has 0 spiro atoms. The minimum atomic E-state index is 0. The second-order valence-corrected chi connectivity index (χ2v) is 4.30. The van der Waals surface area contributed by atoms with E-state index in [1.165, 1.54) is 12.0 Å². The zero-order chi connectivity index (χ0) is 10.7. The van der Waals surface area contributed by atoms with Gasteiger partial charge < -0.3 is 10.1 Å². The Balaban J connectivity index is 0.00000128. The van der Waals surface area contributed by atoms with E-state index in [4.69, 9.17) is 4.74 Å². The highest BCUT2D eigenvalue weighted by Crippen LogP contribution is 2.15. The summed E-state index contributed by atoms with van der Waals surface area (Å²) >= 11 is 0. The van der Waals surface area contributed by atoms with Gasteiger partial charge in [-0.05, 0) is 38.3 Å². The van der Waals surface area contributed by atoms with Gasteiger partial charge in [-0.15, -0.1) is 12.4 Å². The molecule has 0 amide bonds. The van der Waals surface area contributed by atoms with Crippen LogP contribution in [0.3, 0.4) is 0 Å². The van der Waals surface area contributed by atoms with Crippen LogP contribution in [-0.4, -0.2) is 23.7 Å². The van der Waals surface area contributed by atoms with Crippen molar-refractivity contribution in [2.24, 2.45) is 0 Å². The van der Waals surface area contributed by atoms with Crippen molar-refractivity contribution in [1.29, 1.82) is 0 Å². The number of hydrogen-bond donors (Lipinski definition) is 1. The van der Waals surface area contributed by atoms with Crippen molar-refractivity contribution in [3.05, 3.63) is 23.9 Å². The van der Waals surface area contributed by atoms with Gasteiger partial charge in [0.15, 0.2) is 0 Å². The molecule has 1 saturated heterocycles. The Labute approximate surface area is 103 Å². The summed E-state index contributed by atoms with van der Waals surface area (Å²) in [4.78, 5) is 4.20. The van der Waals surface area contributed by atoms with Crippen molar-refractivity contribution < 1.29 is 4.74 Å². The Kier molecular flexibility index (Phi) is 5.03. The molecule has 2 rings (SSSR count). The first-order valence-electron chi connectivity index (χ1n) is 5.57. The average Bonchev–Trinajstić information content (AvgIpc) is 2.22. The summed E-state index contributed by atoms with van der Waals surface area (Å²) in [7, 11) is 0.